The van der Waals surface area contributed by atoms with Crippen molar-refractivity contribution in [1.29, 1.82) is 0 Å². The number of fused-ring (bicyclic) bond motifs is 4. The number of carboxylic acid groups (broad SMARTS) is 1. The molecular formula is C30H44O7. The van der Waals surface area contributed by atoms with Gasteiger partial charge in [-0.3, -0.25) is 19.2 Å². The van der Waals surface area contributed by atoms with Gasteiger partial charge in [0.05, 0.1) is 18.1 Å². The highest BCUT2D eigenvalue weighted by Crippen LogP contribution is 2.71. The number of ketones is 3. The Bertz CT molecular complexity index is 1070. The van der Waals surface area contributed by atoms with Crippen molar-refractivity contribution in [2.75, 3.05) is 0 Å². The first-order valence-corrected chi connectivity index (χ1v) is 13.8. The average molecular weight is 517 g/mol. The molecule has 0 aromatic heterocycles. The number of rotatable bonds is 6. The van der Waals surface area contributed by atoms with Crippen LogP contribution in [-0.4, -0.2) is 50.8 Å². The molecule has 1 unspecified atom stereocenters. The molecule has 4 aliphatic rings. The van der Waals surface area contributed by atoms with Crippen molar-refractivity contribution in [3.63, 3.8) is 0 Å². The minimum atomic E-state index is -1.00. The van der Waals surface area contributed by atoms with Gasteiger partial charge in [-0.05, 0) is 48.0 Å². The van der Waals surface area contributed by atoms with Gasteiger partial charge in [0.2, 0.25) is 0 Å². The van der Waals surface area contributed by atoms with E-state index in [4.69, 9.17) is 0 Å². The van der Waals surface area contributed by atoms with Crippen molar-refractivity contribution in [3.05, 3.63) is 11.1 Å². The van der Waals surface area contributed by atoms with Crippen molar-refractivity contribution in [1.82, 2.24) is 0 Å². The summed E-state index contributed by atoms with van der Waals surface area (Å²) in [7, 11) is 0. The Morgan fingerprint density at radius 1 is 1.00 bits per heavy atom. The zero-order valence-electron chi connectivity index (χ0n) is 23.4. The molecule has 0 spiro atoms. The third-order valence-electron chi connectivity index (χ3n) is 11.6. The van der Waals surface area contributed by atoms with Crippen molar-refractivity contribution >= 4 is 23.3 Å². The Hall–Kier alpha value is -1.86. The van der Waals surface area contributed by atoms with Crippen LogP contribution in [0.25, 0.3) is 0 Å². The Balaban J connectivity index is 1.74. The number of hydrogen-bond acceptors (Lipinski definition) is 6. The summed E-state index contributed by atoms with van der Waals surface area (Å²) in [5.74, 6) is -2.17. The summed E-state index contributed by atoms with van der Waals surface area (Å²) in [4.78, 5) is 50.8. The van der Waals surface area contributed by atoms with Gasteiger partial charge in [0.1, 0.15) is 11.6 Å². The van der Waals surface area contributed by atoms with E-state index in [9.17, 15) is 34.5 Å². The van der Waals surface area contributed by atoms with Gasteiger partial charge < -0.3 is 15.3 Å². The molecule has 4 aliphatic carbocycles. The van der Waals surface area contributed by atoms with E-state index in [0.29, 0.717) is 36.8 Å². The van der Waals surface area contributed by atoms with Crippen LogP contribution in [0.1, 0.15) is 93.4 Å². The Labute approximate surface area is 220 Å². The second-order valence-corrected chi connectivity index (χ2v) is 13.9. The minimum absolute atomic E-state index is 0.0106. The van der Waals surface area contributed by atoms with E-state index in [-0.39, 0.29) is 54.4 Å². The van der Waals surface area contributed by atoms with E-state index in [0.717, 1.165) is 0 Å². The smallest absolute Gasteiger partial charge is 0.306 e. The van der Waals surface area contributed by atoms with Gasteiger partial charge >= 0.3 is 5.97 Å². The van der Waals surface area contributed by atoms with Crippen molar-refractivity contribution in [3.8, 4) is 0 Å². The van der Waals surface area contributed by atoms with Crippen LogP contribution < -0.4 is 0 Å². The SMILES string of the molecule is C[C@H](CC(=O)C[C@@H](C)[C@H]1C[C@H](O)C2(C)C3=C(C(=O)C[C@]12C)[C@@]1(C)CCC(=O)C(C)(C)[C@@H]1C[C@@H]3O)C(=O)O. The molecule has 2 saturated carbocycles. The third-order valence-corrected chi connectivity index (χ3v) is 11.6. The molecule has 0 bridgehead atoms. The molecule has 9 atom stereocenters. The zero-order valence-corrected chi connectivity index (χ0v) is 23.4. The first-order chi connectivity index (χ1) is 16.9. The molecule has 2 fully saturated rings. The largest absolute Gasteiger partial charge is 0.481 e. The van der Waals surface area contributed by atoms with Crippen LogP contribution in [0.3, 0.4) is 0 Å². The maximum absolute atomic E-state index is 14.1. The standard InChI is InChI=1S/C30H44O7/c1-15(10-17(31)11-16(2)26(36)37)18-12-23(35)30(7)25-19(32)13-21-27(3,4)22(34)8-9-28(21,5)24(25)20(33)14-29(18,30)6/h15-16,18-19,21,23,32,35H,8-14H2,1-7H3,(H,36,37)/t15-,16-,18-,19+,21+,23+,28+,29-,30?/m1/s1. The van der Waals surface area contributed by atoms with Crippen LogP contribution >= 0.6 is 0 Å². The predicted octanol–water partition coefficient (Wildman–Crippen LogP) is 4.13. The van der Waals surface area contributed by atoms with Crippen LogP contribution in [0, 0.1) is 45.3 Å². The molecule has 0 aromatic carbocycles. The summed E-state index contributed by atoms with van der Waals surface area (Å²) in [6.45, 7) is 13.4. The summed E-state index contributed by atoms with van der Waals surface area (Å²) < 4.78 is 0. The highest BCUT2D eigenvalue weighted by molar-refractivity contribution is 6.01. The highest BCUT2D eigenvalue weighted by Gasteiger charge is 2.70. The summed E-state index contributed by atoms with van der Waals surface area (Å²) in [6.07, 6.45) is 0.421. The molecular weight excluding hydrogens is 472 g/mol. The fourth-order valence-corrected chi connectivity index (χ4v) is 9.20. The van der Waals surface area contributed by atoms with Gasteiger partial charge in [0.15, 0.2) is 5.78 Å². The molecule has 206 valence electrons. The van der Waals surface area contributed by atoms with Gasteiger partial charge in [-0.25, -0.2) is 0 Å². The molecule has 0 aliphatic heterocycles. The van der Waals surface area contributed by atoms with E-state index in [2.05, 4.69) is 6.92 Å². The summed E-state index contributed by atoms with van der Waals surface area (Å²) in [5, 5.41) is 32.4. The lowest BCUT2D eigenvalue weighted by Gasteiger charge is -2.61. The topological polar surface area (TPSA) is 129 Å². The predicted molar refractivity (Wildman–Crippen MR) is 137 cm³/mol. The molecule has 37 heavy (non-hydrogen) atoms. The molecule has 0 saturated heterocycles. The van der Waals surface area contributed by atoms with Crippen LogP contribution in [0.15, 0.2) is 11.1 Å². The molecule has 4 rings (SSSR count). The van der Waals surface area contributed by atoms with Gasteiger partial charge in [0.25, 0.3) is 0 Å². The number of carbonyl (C=O) groups is 4. The van der Waals surface area contributed by atoms with E-state index in [1.54, 1.807) is 0 Å². The van der Waals surface area contributed by atoms with E-state index in [1.807, 2.05) is 34.6 Å². The van der Waals surface area contributed by atoms with Crippen molar-refractivity contribution in [2.24, 2.45) is 45.3 Å². The number of allylic oxidation sites excluding steroid dienone is 1. The van der Waals surface area contributed by atoms with Crippen molar-refractivity contribution < 1.29 is 34.5 Å². The fraction of sp³-hybridized carbons (Fsp3) is 0.800. The molecule has 7 nitrogen and oxygen atoms in total. The average Bonchev–Trinajstić information content (AvgIpc) is 2.99. The lowest BCUT2D eigenvalue weighted by atomic mass is 9.42. The minimum Gasteiger partial charge on any atom is -0.481 e. The quantitative estimate of drug-likeness (QED) is 0.484. The van der Waals surface area contributed by atoms with Gasteiger partial charge in [0, 0.05) is 47.5 Å². The van der Waals surface area contributed by atoms with Gasteiger partial charge in [-0.2, -0.15) is 0 Å². The summed E-state index contributed by atoms with van der Waals surface area (Å²) in [6, 6.07) is 0. The van der Waals surface area contributed by atoms with E-state index >= 15 is 0 Å². The normalized spacial score (nSPS) is 42.5. The number of aliphatic carboxylic acids is 1. The molecule has 7 heteroatoms. The molecule has 3 N–H and O–H groups in total. The van der Waals surface area contributed by atoms with Crippen LogP contribution in [0.2, 0.25) is 0 Å². The van der Waals surface area contributed by atoms with Gasteiger partial charge in [-0.15, -0.1) is 0 Å². The number of Topliss-reactive ketones (excluding diaryl/α,β-unsaturated/α-hetero) is 3. The maximum atomic E-state index is 14.1. The second kappa shape index (κ2) is 8.84. The number of aliphatic hydroxyl groups excluding tert-OH is 2. The van der Waals surface area contributed by atoms with Crippen LogP contribution in [0.4, 0.5) is 0 Å². The lowest BCUT2D eigenvalue weighted by Crippen LogP contribution is -2.60. The van der Waals surface area contributed by atoms with Crippen LogP contribution in [-0.2, 0) is 19.2 Å². The third kappa shape index (κ3) is 3.82. The number of hydrogen-bond donors (Lipinski definition) is 3. The number of aliphatic hydroxyl groups is 2. The highest BCUT2D eigenvalue weighted by atomic mass is 16.4. The maximum Gasteiger partial charge on any atom is 0.306 e. The number of carbonyl (C=O) groups excluding carboxylic acids is 3. The Morgan fingerprint density at radius 3 is 2.22 bits per heavy atom. The Morgan fingerprint density at radius 2 is 1.62 bits per heavy atom. The van der Waals surface area contributed by atoms with Crippen LogP contribution in [0.5, 0.6) is 0 Å². The summed E-state index contributed by atoms with van der Waals surface area (Å²) >= 11 is 0. The van der Waals surface area contributed by atoms with E-state index in [1.165, 1.54) is 6.92 Å². The first kappa shape index (κ1) is 28.2. The summed E-state index contributed by atoms with van der Waals surface area (Å²) in [5.41, 5.74) is -1.40. The first-order valence-electron chi connectivity index (χ1n) is 13.8. The van der Waals surface area contributed by atoms with Crippen molar-refractivity contribution in [2.45, 2.75) is 106 Å². The number of carboxylic acids is 1. The van der Waals surface area contributed by atoms with E-state index < -0.39 is 45.8 Å². The molecule has 0 aromatic rings. The Kier molecular flexibility index (Phi) is 6.72. The molecule has 0 radical (unpaired) electrons. The molecule has 0 heterocycles. The van der Waals surface area contributed by atoms with Gasteiger partial charge in [-0.1, -0.05) is 48.5 Å². The monoisotopic (exact) mass is 516 g/mol. The zero-order chi connectivity index (χ0) is 27.9. The fourth-order valence-electron chi connectivity index (χ4n) is 9.20. The lowest BCUT2D eigenvalue weighted by molar-refractivity contribution is -0.146. The second-order valence-electron chi connectivity index (χ2n) is 13.9. The molecule has 0 amide bonds.